The van der Waals surface area contributed by atoms with E-state index in [-0.39, 0.29) is 23.4 Å². The van der Waals surface area contributed by atoms with Crippen molar-refractivity contribution in [2.45, 2.75) is 63.9 Å². The highest BCUT2D eigenvalue weighted by Gasteiger charge is 2.35. The number of nitrogens with two attached hydrogens (primary N) is 1. The van der Waals surface area contributed by atoms with Crippen LogP contribution in [0, 0.1) is 5.92 Å². The van der Waals surface area contributed by atoms with Gasteiger partial charge < -0.3 is 20.5 Å². The molecule has 1 atom stereocenters. The van der Waals surface area contributed by atoms with Gasteiger partial charge in [0, 0.05) is 30.1 Å². The van der Waals surface area contributed by atoms with Crippen LogP contribution in [-0.2, 0) is 17.6 Å². The Morgan fingerprint density at radius 3 is 2.55 bits per heavy atom. The minimum Gasteiger partial charge on any atom is -0.486 e. The number of carboxylic acid groups (broad SMARTS) is 1. The molecule has 3 heterocycles. The van der Waals surface area contributed by atoms with Gasteiger partial charge in [0.2, 0.25) is 5.91 Å². The summed E-state index contributed by atoms with van der Waals surface area (Å²) >= 11 is 0. The van der Waals surface area contributed by atoms with E-state index in [4.69, 9.17) is 15.5 Å². The zero-order valence-corrected chi connectivity index (χ0v) is 24.9. The maximum absolute atomic E-state index is 12.5. The molecule has 3 N–H and O–H groups in total. The summed E-state index contributed by atoms with van der Waals surface area (Å²) in [4.78, 5) is 30.9. The number of fused-ring (bicyclic) bond motifs is 1. The number of aromatic nitrogens is 3. The predicted molar refractivity (Wildman–Crippen MR) is 167 cm³/mol. The van der Waals surface area contributed by atoms with E-state index in [1.165, 1.54) is 27.6 Å². The molecule has 4 aromatic rings. The summed E-state index contributed by atoms with van der Waals surface area (Å²) in [6, 6.07) is 18.4. The normalized spacial score (nSPS) is 18.3. The van der Waals surface area contributed by atoms with Gasteiger partial charge in [0.05, 0.1) is 11.9 Å². The lowest BCUT2D eigenvalue weighted by Crippen LogP contribution is -2.38. The van der Waals surface area contributed by atoms with Crippen molar-refractivity contribution in [2.75, 3.05) is 18.8 Å². The number of nitrogen functional groups attached to an aromatic ring is 1. The van der Waals surface area contributed by atoms with Gasteiger partial charge in [-0.05, 0) is 91.8 Å². The molecule has 44 heavy (non-hydrogen) atoms. The molecule has 2 aromatic carbocycles. The van der Waals surface area contributed by atoms with Gasteiger partial charge >= 0.3 is 5.97 Å². The Labute approximate surface area is 256 Å². The van der Waals surface area contributed by atoms with E-state index in [0.29, 0.717) is 17.6 Å². The maximum atomic E-state index is 12.5. The number of nitrogens with zero attached hydrogens (tertiary/aromatic N) is 4. The number of pyridine rings is 1. The SMILES string of the molecule is CCc1cc(O[C@H]2CCc3cccc(-c4cccc(-n5ncc(C(=O)O)c5N)n4)c32)ccc1C1CCN(C(=O)C2CC2)CC1. The average molecular weight is 592 g/mol. The minimum absolute atomic E-state index is 0.0362. The minimum atomic E-state index is -1.13. The van der Waals surface area contributed by atoms with Gasteiger partial charge in [-0.2, -0.15) is 9.78 Å². The molecule has 3 aliphatic rings. The van der Waals surface area contributed by atoms with Crippen LogP contribution < -0.4 is 10.5 Å². The van der Waals surface area contributed by atoms with Crippen molar-refractivity contribution in [3.8, 4) is 22.8 Å². The highest BCUT2D eigenvalue weighted by atomic mass is 16.5. The number of aromatic carboxylic acids is 1. The molecule has 1 saturated heterocycles. The lowest BCUT2D eigenvalue weighted by atomic mass is 9.85. The molecule has 9 heteroatoms. The summed E-state index contributed by atoms with van der Waals surface area (Å²) in [5.74, 6) is 1.34. The van der Waals surface area contributed by atoms with E-state index in [1.807, 2.05) is 18.2 Å². The number of anilines is 1. The van der Waals surface area contributed by atoms with Crippen LogP contribution in [-0.4, -0.2) is 49.7 Å². The van der Waals surface area contributed by atoms with Crippen molar-refractivity contribution in [3.05, 3.63) is 88.6 Å². The third-order valence-electron chi connectivity index (χ3n) is 9.41. The number of hydrogen-bond donors (Lipinski definition) is 2. The number of carbonyl (C=O) groups excluding carboxylic acids is 1. The van der Waals surface area contributed by atoms with Crippen molar-refractivity contribution >= 4 is 17.7 Å². The monoisotopic (exact) mass is 591 g/mol. The van der Waals surface area contributed by atoms with Crippen LogP contribution in [0.15, 0.2) is 60.8 Å². The summed E-state index contributed by atoms with van der Waals surface area (Å²) in [7, 11) is 0. The smallest absolute Gasteiger partial charge is 0.341 e. The zero-order valence-electron chi connectivity index (χ0n) is 24.9. The Kier molecular flexibility index (Phi) is 7.32. The zero-order chi connectivity index (χ0) is 30.4. The van der Waals surface area contributed by atoms with Gasteiger partial charge in [-0.25, -0.2) is 9.78 Å². The van der Waals surface area contributed by atoms with Gasteiger partial charge in [-0.3, -0.25) is 4.79 Å². The third-order valence-corrected chi connectivity index (χ3v) is 9.41. The first-order chi connectivity index (χ1) is 21.4. The van der Waals surface area contributed by atoms with Crippen LogP contribution in [0.2, 0.25) is 0 Å². The van der Waals surface area contributed by atoms with E-state index in [9.17, 15) is 14.7 Å². The molecule has 2 aromatic heterocycles. The number of likely N-dealkylation sites (tertiary alicyclic amines) is 1. The Balaban J connectivity index is 1.12. The van der Waals surface area contributed by atoms with Crippen molar-refractivity contribution < 1.29 is 19.4 Å². The molecule has 2 fully saturated rings. The molecule has 226 valence electrons. The fourth-order valence-corrected chi connectivity index (χ4v) is 6.90. The molecule has 1 saturated carbocycles. The van der Waals surface area contributed by atoms with E-state index < -0.39 is 5.97 Å². The second-order valence-corrected chi connectivity index (χ2v) is 12.2. The lowest BCUT2D eigenvalue weighted by molar-refractivity contribution is -0.133. The summed E-state index contributed by atoms with van der Waals surface area (Å²) in [6.45, 7) is 3.90. The number of carboxylic acids is 1. The van der Waals surface area contributed by atoms with E-state index >= 15 is 0 Å². The van der Waals surface area contributed by atoms with Crippen LogP contribution >= 0.6 is 0 Å². The topological polar surface area (TPSA) is 124 Å². The molecule has 1 amide bonds. The van der Waals surface area contributed by atoms with Crippen LogP contribution in [0.1, 0.15) is 83.7 Å². The van der Waals surface area contributed by atoms with E-state index in [0.717, 1.165) is 80.6 Å². The van der Waals surface area contributed by atoms with Gasteiger partial charge in [0.15, 0.2) is 5.82 Å². The third kappa shape index (κ3) is 5.20. The predicted octanol–water partition coefficient (Wildman–Crippen LogP) is 5.96. The Morgan fingerprint density at radius 1 is 1.02 bits per heavy atom. The van der Waals surface area contributed by atoms with Crippen molar-refractivity contribution in [3.63, 3.8) is 0 Å². The van der Waals surface area contributed by atoms with Crippen molar-refractivity contribution in [2.24, 2.45) is 5.92 Å². The fourth-order valence-electron chi connectivity index (χ4n) is 6.90. The summed E-state index contributed by atoms with van der Waals surface area (Å²) < 4.78 is 8.06. The number of benzene rings is 2. The first kappa shape index (κ1) is 28.1. The maximum Gasteiger partial charge on any atom is 0.341 e. The van der Waals surface area contributed by atoms with Gasteiger partial charge in [0.25, 0.3) is 0 Å². The molecule has 0 spiro atoms. The summed E-state index contributed by atoms with van der Waals surface area (Å²) in [5, 5.41) is 13.6. The second-order valence-electron chi connectivity index (χ2n) is 12.2. The molecular weight excluding hydrogens is 554 g/mol. The second kappa shape index (κ2) is 11.4. The fraction of sp³-hybridized carbons (Fsp3) is 0.371. The van der Waals surface area contributed by atoms with Crippen molar-refractivity contribution in [1.29, 1.82) is 0 Å². The number of aryl methyl sites for hydroxylation is 2. The number of amides is 1. The Morgan fingerprint density at radius 2 is 1.82 bits per heavy atom. The van der Waals surface area contributed by atoms with Crippen LogP contribution in [0.4, 0.5) is 5.82 Å². The van der Waals surface area contributed by atoms with Gasteiger partial charge in [-0.15, -0.1) is 0 Å². The Hall–Kier alpha value is -4.66. The average Bonchev–Trinajstić information content (AvgIpc) is 3.71. The summed E-state index contributed by atoms with van der Waals surface area (Å²) in [5.41, 5.74) is 12.8. The molecular formula is C35H37N5O4. The van der Waals surface area contributed by atoms with Gasteiger partial charge in [0.1, 0.15) is 23.2 Å². The molecule has 0 unspecified atom stereocenters. The van der Waals surface area contributed by atoms with Crippen LogP contribution in [0.3, 0.4) is 0 Å². The Bertz CT molecular complexity index is 1730. The van der Waals surface area contributed by atoms with Gasteiger partial charge in [-0.1, -0.05) is 37.3 Å². The van der Waals surface area contributed by atoms with E-state index in [1.54, 1.807) is 6.07 Å². The molecule has 7 rings (SSSR count). The number of piperidine rings is 1. The molecule has 9 nitrogen and oxygen atoms in total. The first-order valence-corrected chi connectivity index (χ1v) is 15.7. The number of rotatable bonds is 8. The number of carbonyl (C=O) groups is 2. The van der Waals surface area contributed by atoms with Crippen molar-refractivity contribution in [1.82, 2.24) is 19.7 Å². The number of ether oxygens (including phenoxy) is 1. The van der Waals surface area contributed by atoms with Crippen LogP contribution in [0.25, 0.3) is 17.1 Å². The molecule has 0 bridgehead atoms. The first-order valence-electron chi connectivity index (χ1n) is 15.7. The molecule has 0 radical (unpaired) electrons. The van der Waals surface area contributed by atoms with E-state index in [2.05, 4.69) is 47.3 Å². The standard InChI is InChI=1S/C35H37N5O4/c1-2-21-19-25(12-13-26(21)22-15-17-39(18-16-22)34(41)24-9-10-24)44-30-14-11-23-5-3-6-27(32(23)30)29-7-4-8-31(38-29)40-33(36)28(20-37-40)35(42)43/h3-8,12-13,19-20,22,24,30H,2,9-11,14-18,36H2,1H3,(H,42,43)/t30-/m0/s1. The largest absolute Gasteiger partial charge is 0.486 e. The van der Waals surface area contributed by atoms with Crippen LogP contribution in [0.5, 0.6) is 5.75 Å². The summed E-state index contributed by atoms with van der Waals surface area (Å²) in [6.07, 6.45) is 7.99. The quantitative estimate of drug-likeness (QED) is 0.259. The molecule has 2 aliphatic carbocycles. The molecule has 1 aliphatic heterocycles. The highest BCUT2D eigenvalue weighted by molar-refractivity contribution is 5.92. The highest BCUT2D eigenvalue weighted by Crippen LogP contribution is 2.42. The lowest BCUT2D eigenvalue weighted by Gasteiger charge is -2.33. The number of hydrogen-bond acceptors (Lipinski definition) is 6.